The average molecular weight is 270 g/mol. The number of aromatic nitrogens is 3. The van der Waals surface area contributed by atoms with Crippen molar-refractivity contribution < 1.29 is 9.59 Å². The first-order valence-electron chi connectivity index (χ1n) is 6.19. The van der Waals surface area contributed by atoms with Gasteiger partial charge < -0.3 is 10.1 Å². The lowest BCUT2D eigenvalue weighted by Gasteiger charge is -2.04. The number of anilines is 1. The van der Waals surface area contributed by atoms with E-state index in [1.54, 1.807) is 18.3 Å². The third kappa shape index (κ3) is 3.68. The summed E-state index contributed by atoms with van der Waals surface area (Å²) in [6.45, 7) is 1.91. The Bertz CT molecular complexity index is 594. The minimum absolute atomic E-state index is 0.148. The Morgan fingerprint density at radius 2 is 2.10 bits per heavy atom. The molecule has 6 nitrogen and oxygen atoms in total. The van der Waals surface area contributed by atoms with Crippen molar-refractivity contribution in [1.29, 1.82) is 0 Å². The Morgan fingerprint density at radius 3 is 2.70 bits per heavy atom. The molecule has 0 aromatic carbocycles. The largest absolute Gasteiger partial charge is 0.309 e. The topological polar surface area (TPSA) is 84.8 Å². The quantitative estimate of drug-likeness (QED) is 0.837. The van der Waals surface area contributed by atoms with Crippen LogP contribution in [0.2, 0.25) is 0 Å². The van der Waals surface area contributed by atoms with E-state index in [4.69, 9.17) is 0 Å². The second-order valence-electron chi connectivity index (χ2n) is 4.25. The molecule has 1 N–H and O–H groups in total. The van der Waals surface area contributed by atoms with Crippen LogP contribution in [-0.4, -0.2) is 27.4 Å². The van der Waals surface area contributed by atoms with E-state index in [-0.39, 0.29) is 18.7 Å². The summed E-state index contributed by atoms with van der Waals surface area (Å²) >= 11 is 0. The first kappa shape index (κ1) is 13.8. The molecule has 102 valence electrons. The average Bonchev–Trinajstić information content (AvgIpc) is 2.47. The summed E-state index contributed by atoms with van der Waals surface area (Å²) in [7, 11) is 0. The molecule has 0 aliphatic rings. The fourth-order valence-electron chi connectivity index (χ4n) is 1.57. The Labute approximate surface area is 116 Å². The normalized spacial score (nSPS) is 10.1. The molecule has 0 unspecified atom stereocenters. The number of carbonyl (C=O) groups is 2. The highest BCUT2D eigenvalue weighted by atomic mass is 16.1. The summed E-state index contributed by atoms with van der Waals surface area (Å²) in [6.07, 6.45) is 2.78. The van der Waals surface area contributed by atoms with E-state index in [0.29, 0.717) is 17.8 Å². The summed E-state index contributed by atoms with van der Waals surface area (Å²) < 4.78 is 0. The fourth-order valence-corrected chi connectivity index (χ4v) is 1.57. The van der Waals surface area contributed by atoms with Gasteiger partial charge in [-0.3, -0.25) is 9.78 Å². The Kier molecular flexibility index (Phi) is 4.49. The van der Waals surface area contributed by atoms with Crippen molar-refractivity contribution in [2.75, 3.05) is 5.32 Å². The summed E-state index contributed by atoms with van der Waals surface area (Å²) in [5.74, 6) is 0.112. The van der Waals surface area contributed by atoms with Crippen LogP contribution < -0.4 is 5.32 Å². The van der Waals surface area contributed by atoms with E-state index in [2.05, 4.69) is 20.5 Å². The molecule has 2 rings (SSSR count). The second kappa shape index (κ2) is 6.51. The highest BCUT2D eigenvalue weighted by Gasteiger charge is 2.05. The number of aryl methyl sites for hydroxylation is 1. The zero-order valence-corrected chi connectivity index (χ0v) is 11.0. The lowest BCUT2D eigenvalue weighted by Crippen LogP contribution is -2.12. The van der Waals surface area contributed by atoms with Crippen LogP contribution in [0.1, 0.15) is 18.5 Å². The van der Waals surface area contributed by atoms with Crippen molar-refractivity contribution >= 4 is 18.0 Å². The molecule has 2 aromatic heterocycles. The third-order valence-corrected chi connectivity index (χ3v) is 2.63. The molecule has 0 fully saturated rings. The van der Waals surface area contributed by atoms with Gasteiger partial charge in [0.1, 0.15) is 6.29 Å². The molecule has 1 amide bonds. The summed E-state index contributed by atoms with van der Waals surface area (Å²) in [5.41, 5.74) is 2.48. The van der Waals surface area contributed by atoms with E-state index in [1.165, 1.54) is 0 Å². The summed E-state index contributed by atoms with van der Waals surface area (Å²) in [4.78, 5) is 25.8. The lowest BCUT2D eigenvalue weighted by atomic mass is 10.2. The lowest BCUT2D eigenvalue weighted by molar-refractivity contribution is -0.118. The number of aldehydes is 1. The molecule has 0 bridgehead atoms. The molecule has 2 heterocycles. The van der Waals surface area contributed by atoms with Crippen molar-refractivity contribution in [3.05, 3.63) is 36.2 Å². The van der Waals surface area contributed by atoms with Crippen LogP contribution >= 0.6 is 0 Å². The van der Waals surface area contributed by atoms with Gasteiger partial charge in [0.25, 0.3) is 0 Å². The Hall–Kier alpha value is -2.63. The number of carbonyl (C=O) groups excluding carboxylic acids is 2. The predicted octanol–water partition coefficient (Wildman–Crippen LogP) is 1.76. The Morgan fingerprint density at radius 1 is 1.25 bits per heavy atom. The molecule has 0 aliphatic heterocycles. The number of nitrogens with one attached hydrogen (secondary N) is 1. The minimum atomic E-state index is -0.254. The third-order valence-electron chi connectivity index (χ3n) is 2.63. The van der Waals surface area contributed by atoms with Crippen molar-refractivity contribution in [2.24, 2.45) is 0 Å². The number of hydrogen-bond acceptors (Lipinski definition) is 5. The van der Waals surface area contributed by atoms with Gasteiger partial charge in [-0.15, -0.1) is 10.2 Å². The number of rotatable bonds is 5. The molecular formula is C14H14N4O2. The van der Waals surface area contributed by atoms with Crippen molar-refractivity contribution in [1.82, 2.24) is 15.2 Å². The summed E-state index contributed by atoms with van der Waals surface area (Å²) in [5, 5.41) is 10.5. The molecule has 0 aliphatic carbocycles. The van der Waals surface area contributed by atoms with Crippen LogP contribution in [0.5, 0.6) is 0 Å². The van der Waals surface area contributed by atoms with Gasteiger partial charge in [-0.25, -0.2) is 0 Å². The molecule has 0 saturated carbocycles. The van der Waals surface area contributed by atoms with E-state index in [9.17, 15) is 9.59 Å². The van der Waals surface area contributed by atoms with Crippen molar-refractivity contribution in [3.8, 4) is 11.3 Å². The molecule has 2 aromatic rings. The summed E-state index contributed by atoms with van der Waals surface area (Å²) in [6, 6.07) is 7.23. The van der Waals surface area contributed by atoms with Crippen LogP contribution in [-0.2, 0) is 9.59 Å². The highest BCUT2D eigenvalue weighted by molar-refractivity contribution is 5.90. The number of nitrogens with zero attached hydrogens (tertiary/aromatic N) is 3. The molecular weight excluding hydrogens is 256 g/mol. The van der Waals surface area contributed by atoms with Gasteiger partial charge >= 0.3 is 0 Å². The van der Waals surface area contributed by atoms with Gasteiger partial charge in [-0.2, -0.15) is 0 Å². The molecule has 0 radical (unpaired) electrons. The standard InChI is InChI=1S/C14H14N4O2/c1-10-4-5-11(9-15-10)12-6-7-13(18-17-12)16-14(20)3-2-8-19/h4-9H,2-3H2,1H3,(H,16,18,20). The maximum absolute atomic E-state index is 11.4. The molecule has 0 saturated heterocycles. The number of amides is 1. The molecule has 0 spiro atoms. The zero-order chi connectivity index (χ0) is 14.4. The van der Waals surface area contributed by atoms with Gasteiger partial charge in [-0.05, 0) is 31.2 Å². The van der Waals surface area contributed by atoms with E-state index in [1.807, 2.05) is 19.1 Å². The maximum Gasteiger partial charge on any atom is 0.226 e. The Balaban J connectivity index is 2.04. The van der Waals surface area contributed by atoms with Gasteiger partial charge in [0.15, 0.2) is 5.82 Å². The van der Waals surface area contributed by atoms with Crippen LogP contribution in [0.15, 0.2) is 30.5 Å². The van der Waals surface area contributed by atoms with Gasteiger partial charge in [0, 0.05) is 30.3 Å². The molecule has 6 heteroatoms. The minimum Gasteiger partial charge on any atom is -0.309 e. The second-order valence-corrected chi connectivity index (χ2v) is 4.25. The van der Waals surface area contributed by atoms with E-state index >= 15 is 0 Å². The smallest absolute Gasteiger partial charge is 0.226 e. The van der Waals surface area contributed by atoms with E-state index < -0.39 is 0 Å². The van der Waals surface area contributed by atoms with E-state index in [0.717, 1.165) is 11.3 Å². The molecule has 0 atom stereocenters. The first-order valence-corrected chi connectivity index (χ1v) is 6.19. The molecule has 20 heavy (non-hydrogen) atoms. The van der Waals surface area contributed by atoms with Crippen LogP contribution in [0.4, 0.5) is 5.82 Å². The van der Waals surface area contributed by atoms with Crippen molar-refractivity contribution in [2.45, 2.75) is 19.8 Å². The van der Waals surface area contributed by atoms with Crippen LogP contribution in [0, 0.1) is 6.92 Å². The van der Waals surface area contributed by atoms with Crippen LogP contribution in [0.3, 0.4) is 0 Å². The predicted molar refractivity (Wildman–Crippen MR) is 73.9 cm³/mol. The monoisotopic (exact) mass is 270 g/mol. The zero-order valence-electron chi connectivity index (χ0n) is 11.0. The number of hydrogen-bond donors (Lipinski definition) is 1. The van der Waals surface area contributed by atoms with Gasteiger partial charge in [0.05, 0.1) is 5.69 Å². The van der Waals surface area contributed by atoms with Gasteiger partial charge in [-0.1, -0.05) is 0 Å². The fraction of sp³-hybridized carbons (Fsp3) is 0.214. The SMILES string of the molecule is Cc1ccc(-c2ccc(NC(=O)CCC=O)nn2)cn1. The first-order chi connectivity index (χ1) is 9.69. The highest BCUT2D eigenvalue weighted by Crippen LogP contribution is 2.16. The maximum atomic E-state index is 11.4. The number of pyridine rings is 1. The van der Waals surface area contributed by atoms with Gasteiger partial charge in [0.2, 0.25) is 5.91 Å². The van der Waals surface area contributed by atoms with Crippen LogP contribution in [0.25, 0.3) is 11.3 Å². The van der Waals surface area contributed by atoms with Crippen molar-refractivity contribution in [3.63, 3.8) is 0 Å².